The molecule has 4 atom stereocenters. The summed E-state index contributed by atoms with van der Waals surface area (Å²) in [6.45, 7) is 4.48. The third-order valence-electron chi connectivity index (χ3n) is 2.67. The third kappa shape index (κ3) is 2.21. The normalized spacial score (nSPS) is 46.5. The highest BCUT2D eigenvalue weighted by molar-refractivity contribution is 9.09. The second-order valence-corrected chi connectivity index (χ2v) is 5.83. The van der Waals surface area contributed by atoms with E-state index in [-0.39, 0.29) is 0 Å². The third-order valence-corrected chi connectivity index (χ3v) is 5.12. The van der Waals surface area contributed by atoms with Crippen LogP contribution in [-0.2, 0) is 0 Å². The maximum Gasteiger partial charge on any atom is 0.157 e. The first kappa shape index (κ1) is 9.84. The Balaban J connectivity index is 1.93. The van der Waals surface area contributed by atoms with Crippen molar-refractivity contribution in [1.29, 1.82) is 0 Å². The molecule has 1 saturated carbocycles. The zero-order valence-corrected chi connectivity index (χ0v) is 10.4. The van der Waals surface area contributed by atoms with Crippen molar-refractivity contribution in [3.63, 3.8) is 0 Å². The quantitative estimate of drug-likeness (QED) is 0.773. The van der Waals surface area contributed by atoms with Crippen molar-refractivity contribution < 1.29 is 0 Å². The van der Waals surface area contributed by atoms with E-state index in [1.54, 1.807) is 0 Å². The summed E-state index contributed by atoms with van der Waals surface area (Å²) in [7, 11) is 0. The molecule has 74 valence electrons. The summed E-state index contributed by atoms with van der Waals surface area (Å²) in [5.74, 6) is 0.813. The molecule has 0 aromatic carbocycles. The van der Waals surface area contributed by atoms with Gasteiger partial charge in [-0.3, -0.25) is 4.99 Å². The minimum Gasteiger partial charge on any atom is -0.361 e. The molecule has 0 amide bonds. The molecule has 1 heterocycles. The SMILES string of the molecule is CC1CC1N=C1NC(C)C(CBr)S1. The van der Waals surface area contributed by atoms with E-state index in [9.17, 15) is 0 Å². The Morgan fingerprint density at radius 1 is 1.62 bits per heavy atom. The number of nitrogens with zero attached hydrogens (tertiary/aromatic N) is 1. The Labute approximate surface area is 92.1 Å². The van der Waals surface area contributed by atoms with E-state index in [2.05, 4.69) is 40.1 Å². The summed E-state index contributed by atoms with van der Waals surface area (Å²) in [4.78, 5) is 4.66. The molecule has 13 heavy (non-hydrogen) atoms. The van der Waals surface area contributed by atoms with Gasteiger partial charge in [-0.1, -0.05) is 34.6 Å². The number of hydrogen-bond donors (Lipinski definition) is 1. The summed E-state index contributed by atoms with van der Waals surface area (Å²) < 4.78 is 0. The summed E-state index contributed by atoms with van der Waals surface area (Å²) in [5, 5.41) is 6.28. The van der Waals surface area contributed by atoms with E-state index < -0.39 is 0 Å². The molecule has 4 heteroatoms. The fourth-order valence-corrected chi connectivity index (χ4v) is 3.46. The molecule has 0 spiro atoms. The van der Waals surface area contributed by atoms with Crippen molar-refractivity contribution in [3.8, 4) is 0 Å². The molecule has 0 aromatic rings. The van der Waals surface area contributed by atoms with Crippen molar-refractivity contribution in [3.05, 3.63) is 0 Å². The molecule has 2 aliphatic rings. The molecule has 4 unspecified atom stereocenters. The number of alkyl halides is 1. The van der Waals surface area contributed by atoms with Gasteiger partial charge in [-0.15, -0.1) is 0 Å². The van der Waals surface area contributed by atoms with Gasteiger partial charge in [0.1, 0.15) is 0 Å². The second kappa shape index (κ2) is 3.81. The number of nitrogens with one attached hydrogen (secondary N) is 1. The van der Waals surface area contributed by atoms with Gasteiger partial charge >= 0.3 is 0 Å². The monoisotopic (exact) mass is 262 g/mol. The van der Waals surface area contributed by atoms with E-state index in [0.717, 1.165) is 16.4 Å². The van der Waals surface area contributed by atoms with Crippen molar-refractivity contribution in [2.75, 3.05) is 5.33 Å². The number of hydrogen-bond acceptors (Lipinski definition) is 2. The smallest absolute Gasteiger partial charge is 0.157 e. The Hall–Kier alpha value is 0.300. The molecule has 0 radical (unpaired) electrons. The average molecular weight is 263 g/mol. The fourth-order valence-electron chi connectivity index (χ4n) is 1.43. The minimum absolute atomic E-state index is 0.553. The standard InChI is InChI=1S/C9H15BrN2S/c1-5-3-7(5)12-9-11-6(2)8(4-10)13-9/h5-8H,3-4H2,1-2H3,(H,11,12). The van der Waals surface area contributed by atoms with Crippen LogP contribution in [-0.4, -0.2) is 27.8 Å². The Morgan fingerprint density at radius 2 is 2.31 bits per heavy atom. The van der Waals surface area contributed by atoms with Crippen molar-refractivity contribution >= 4 is 32.9 Å². The topological polar surface area (TPSA) is 24.4 Å². The second-order valence-electron chi connectivity index (χ2n) is 3.96. The number of thioether (sulfide) groups is 1. The number of aliphatic imine (C=N–C) groups is 1. The molecule has 1 saturated heterocycles. The van der Waals surface area contributed by atoms with Gasteiger partial charge in [0.25, 0.3) is 0 Å². The molecule has 2 rings (SSSR count). The molecule has 2 nitrogen and oxygen atoms in total. The van der Waals surface area contributed by atoms with Crippen LogP contribution in [0.5, 0.6) is 0 Å². The lowest BCUT2D eigenvalue weighted by atomic mass is 10.3. The first-order valence-corrected chi connectivity index (χ1v) is 6.77. The van der Waals surface area contributed by atoms with Gasteiger partial charge in [0, 0.05) is 16.6 Å². The Morgan fingerprint density at radius 3 is 2.77 bits per heavy atom. The summed E-state index contributed by atoms with van der Waals surface area (Å²) in [6, 6.07) is 1.16. The zero-order valence-electron chi connectivity index (χ0n) is 7.96. The van der Waals surface area contributed by atoms with E-state index >= 15 is 0 Å². The van der Waals surface area contributed by atoms with Gasteiger partial charge in [-0.05, 0) is 19.3 Å². The molecule has 1 aliphatic heterocycles. The Kier molecular flexibility index (Phi) is 2.88. The van der Waals surface area contributed by atoms with Crippen LogP contribution >= 0.6 is 27.7 Å². The van der Waals surface area contributed by atoms with E-state index in [4.69, 9.17) is 0 Å². The van der Waals surface area contributed by atoms with Gasteiger partial charge < -0.3 is 5.32 Å². The van der Waals surface area contributed by atoms with Crippen LogP contribution in [0.1, 0.15) is 20.3 Å². The van der Waals surface area contributed by atoms with Crippen LogP contribution in [0, 0.1) is 5.92 Å². The van der Waals surface area contributed by atoms with Gasteiger partial charge in [-0.25, -0.2) is 0 Å². The first-order chi connectivity index (χ1) is 6.20. The van der Waals surface area contributed by atoms with Crippen LogP contribution in [0.3, 0.4) is 0 Å². The minimum atomic E-state index is 0.553. The fraction of sp³-hybridized carbons (Fsp3) is 0.889. The van der Waals surface area contributed by atoms with Gasteiger partial charge in [0.05, 0.1) is 6.04 Å². The van der Waals surface area contributed by atoms with Gasteiger partial charge in [0.15, 0.2) is 5.17 Å². The molecular formula is C9H15BrN2S. The molecule has 0 bridgehead atoms. The summed E-state index contributed by atoms with van der Waals surface area (Å²) >= 11 is 5.40. The van der Waals surface area contributed by atoms with Crippen LogP contribution in [0.15, 0.2) is 4.99 Å². The summed E-state index contributed by atoms with van der Waals surface area (Å²) in [5.41, 5.74) is 0. The number of halogens is 1. The predicted octanol–water partition coefficient (Wildman–Crippen LogP) is 2.24. The van der Waals surface area contributed by atoms with E-state index in [1.807, 2.05) is 11.8 Å². The summed E-state index contributed by atoms with van der Waals surface area (Å²) in [6.07, 6.45) is 1.28. The van der Waals surface area contributed by atoms with Crippen LogP contribution in [0.2, 0.25) is 0 Å². The highest BCUT2D eigenvalue weighted by Gasteiger charge is 2.35. The van der Waals surface area contributed by atoms with Crippen LogP contribution < -0.4 is 5.32 Å². The largest absolute Gasteiger partial charge is 0.361 e. The van der Waals surface area contributed by atoms with Crippen molar-refractivity contribution in [2.24, 2.45) is 10.9 Å². The first-order valence-electron chi connectivity index (χ1n) is 4.77. The molecule has 1 aliphatic carbocycles. The maximum absolute atomic E-state index is 4.66. The molecular weight excluding hydrogens is 248 g/mol. The van der Waals surface area contributed by atoms with E-state index in [0.29, 0.717) is 17.3 Å². The van der Waals surface area contributed by atoms with E-state index in [1.165, 1.54) is 6.42 Å². The lowest BCUT2D eigenvalue weighted by Gasteiger charge is -2.07. The molecule has 2 fully saturated rings. The van der Waals surface area contributed by atoms with Crippen LogP contribution in [0.25, 0.3) is 0 Å². The molecule has 0 aromatic heterocycles. The van der Waals surface area contributed by atoms with Crippen molar-refractivity contribution in [2.45, 2.75) is 37.6 Å². The van der Waals surface area contributed by atoms with Gasteiger partial charge in [0.2, 0.25) is 0 Å². The lowest BCUT2D eigenvalue weighted by Crippen LogP contribution is -2.28. The highest BCUT2D eigenvalue weighted by Crippen LogP contribution is 2.35. The predicted molar refractivity (Wildman–Crippen MR) is 62.8 cm³/mol. The highest BCUT2D eigenvalue weighted by atomic mass is 79.9. The molecule has 1 N–H and O–H groups in total. The Bertz CT molecular complexity index is 232. The van der Waals surface area contributed by atoms with Crippen LogP contribution in [0.4, 0.5) is 0 Å². The van der Waals surface area contributed by atoms with Crippen molar-refractivity contribution in [1.82, 2.24) is 5.32 Å². The lowest BCUT2D eigenvalue weighted by molar-refractivity contribution is 0.684. The van der Waals surface area contributed by atoms with Gasteiger partial charge in [-0.2, -0.15) is 0 Å². The number of rotatable bonds is 2. The number of amidine groups is 1. The zero-order chi connectivity index (χ0) is 9.42. The maximum atomic E-state index is 4.66. The average Bonchev–Trinajstić information content (AvgIpc) is 2.62.